The van der Waals surface area contributed by atoms with E-state index in [-0.39, 0.29) is 23.2 Å². The fourth-order valence-electron chi connectivity index (χ4n) is 3.30. The van der Waals surface area contributed by atoms with E-state index in [1.54, 1.807) is 29.2 Å². The second kappa shape index (κ2) is 6.25. The van der Waals surface area contributed by atoms with Crippen LogP contribution in [0.15, 0.2) is 53.8 Å². The maximum Gasteiger partial charge on any atom is 0.272 e. The third kappa shape index (κ3) is 2.81. The normalized spacial score (nSPS) is 17.2. The lowest BCUT2D eigenvalue weighted by molar-refractivity contribution is -0.127. The Balaban J connectivity index is 1.71. The predicted octanol–water partition coefficient (Wildman–Crippen LogP) is 2.33. The number of nitrogens with zero attached hydrogens (tertiary/aromatic N) is 3. The van der Waals surface area contributed by atoms with Gasteiger partial charge in [-0.25, -0.2) is 13.9 Å². The number of hydrogen-bond acceptors (Lipinski definition) is 3. The van der Waals surface area contributed by atoms with Crippen molar-refractivity contribution in [3.8, 4) is 11.3 Å². The Morgan fingerprint density at radius 3 is 2.77 bits per heavy atom. The molecule has 0 aliphatic carbocycles. The number of rotatable bonds is 4. The van der Waals surface area contributed by atoms with Gasteiger partial charge < -0.3 is 4.90 Å². The van der Waals surface area contributed by atoms with Crippen LogP contribution in [0.5, 0.6) is 0 Å². The van der Waals surface area contributed by atoms with Crippen molar-refractivity contribution in [2.75, 3.05) is 13.1 Å². The average Bonchev–Trinajstić information content (AvgIpc) is 3.20. The van der Waals surface area contributed by atoms with Crippen LogP contribution >= 0.6 is 0 Å². The van der Waals surface area contributed by atoms with Gasteiger partial charge in [0.05, 0.1) is 11.4 Å². The number of benzene rings is 1. The standard InChI is InChI=1S/C19H17FN4O2/c1-2-7-23-11-13(8-18(23)25)15-10-19(26)24-17(21-15)9-16(22-24)12-3-5-14(20)6-4-12/h2-6,9-10,13,22H,1,7-8,11H2. The molecule has 6 nitrogen and oxygen atoms in total. The van der Waals surface area contributed by atoms with Crippen LogP contribution in [-0.4, -0.2) is 38.5 Å². The molecule has 3 heterocycles. The highest BCUT2D eigenvalue weighted by Crippen LogP contribution is 2.27. The van der Waals surface area contributed by atoms with Gasteiger partial charge in [-0.1, -0.05) is 6.08 Å². The van der Waals surface area contributed by atoms with Crippen molar-refractivity contribution in [2.24, 2.45) is 0 Å². The Kier molecular flexibility index (Phi) is 3.91. The Morgan fingerprint density at radius 2 is 2.04 bits per heavy atom. The first-order valence-corrected chi connectivity index (χ1v) is 8.32. The molecule has 1 saturated heterocycles. The molecule has 0 spiro atoms. The SMILES string of the molecule is C=CCN1CC(c2cc(=O)n3[nH]c(-c4ccc(F)cc4)cc3n2)CC1=O. The predicted molar refractivity (Wildman–Crippen MR) is 95.3 cm³/mol. The lowest BCUT2D eigenvalue weighted by Gasteiger charge is -2.13. The van der Waals surface area contributed by atoms with E-state index in [0.717, 1.165) is 5.56 Å². The lowest BCUT2D eigenvalue weighted by atomic mass is 10.0. The van der Waals surface area contributed by atoms with Gasteiger partial charge in [0.2, 0.25) is 5.91 Å². The Bertz CT molecular complexity index is 1050. The van der Waals surface area contributed by atoms with Gasteiger partial charge in [-0.2, -0.15) is 0 Å². The molecule has 1 aliphatic heterocycles. The van der Waals surface area contributed by atoms with Crippen molar-refractivity contribution in [3.63, 3.8) is 0 Å². The van der Waals surface area contributed by atoms with Gasteiger partial charge in [-0.05, 0) is 29.8 Å². The molecule has 132 valence electrons. The first-order valence-electron chi connectivity index (χ1n) is 8.32. The van der Waals surface area contributed by atoms with E-state index in [4.69, 9.17) is 0 Å². The average molecular weight is 352 g/mol. The van der Waals surface area contributed by atoms with Gasteiger partial charge in [0, 0.05) is 37.6 Å². The maximum atomic E-state index is 13.1. The van der Waals surface area contributed by atoms with E-state index >= 15 is 0 Å². The molecule has 1 aliphatic rings. The second-order valence-electron chi connectivity index (χ2n) is 6.38. The summed E-state index contributed by atoms with van der Waals surface area (Å²) in [5, 5.41) is 2.98. The van der Waals surface area contributed by atoms with Gasteiger partial charge in [0.1, 0.15) is 5.82 Å². The van der Waals surface area contributed by atoms with Crippen molar-refractivity contribution >= 4 is 11.6 Å². The number of H-pyrrole nitrogens is 1. The topological polar surface area (TPSA) is 70.5 Å². The Labute approximate surface area is 148 Å². The van der Waals surface area contributed by atoms with E-state index in [0.29, 0.717) is 36.5 Å². The van der Waals surface area contributed by atoms with Gasteiger partial charge in [0.15, 0.2) is 5.65 Å². The summed E-state index contributed by atoms with van der Waals surface area (Å²) in [5.74, 6) is -0.389. The van der Waals surface area contributed by atoms with E-state index in [2.05, 4.69) is 16.7 Å². The molecular formula is C19H17FN4O2. The molecule has 1 unspecified atom stereocenters. The van der Waals surface area contributed by atoms with Crippen LogP contribution in [0.2, 0.25) is 0 Å². The van der Waals surface area contributed by atoms with E-state index < -0.39 is 0 Å². The molecule has 0 saturated carbocycles. The molecule has 0 radical (unpaired) electrons. The van der Waals surface area contributed by atoms with E-state index in [1.807, 2.05) is 0 Å². The van der Waals surface area contributed by atoms with Crippen LogP contribution in [0.4, 0.5) is 4.39 Å². The third-order valence-electron chi connectivity index (χ3n) is 4.61. The first-order chi connectivity index (χ1) is 12.5. The fourth-order valence-corrected chi connectivity index (χ4v) is 3.30. The number of amides is 1. The fraction of sp³-hybridized carbons (Fsp3) is 0.211. The van der Waals surface area contributed by atoms with Gasteiger partial charge in [-0.15, -0.1) is 6.58 Å². The number of carbonyl (C=O) groups is 1. The van der Waals surface area contributed by atoms with Gasteiger partial charge in [0.25, 0.3) is 5.56 Å². The zero-order chi connectivity index (χ0) is 18.3. The number of halogens is 1. The smallest absolute Gasteiger partial charge is 0.272 e. The van der Waals surface area contributed by atoms with Crippen LogP contribution in [0.3, 0.4) is 0 Å². The quantitative estimate of drug-likeness (QED) is 0.733. The minimum absolute atomic E-state index is 0.0398. The van der Waals surface area contributed by atoms with Crippen LogP contribution in [-0.2, 0) is 4.79 Å². The highest BCUT2D eigenvalue weighted by Gasteiger charge is 2.31. The van der Waals surface area contributed by atoms with Crippen LogP contribution in [0.25, 0.3) is 16.9 Å². The second-order valence-corrected chi connectivity index (χ2v) is 6.38. The molecule has 1 fully saturated rings. The molecule has 7 heteroatoms. The number of nitrogens with one attached hydrogen (secondary N) is 1. The van der Waals surface area contributed by atoms with Crippen molar-refractivity contribution < 1.29 is 9.18 Å². The molecule has 1 N–H and O–H groups in total. The highest BCUT2D eigenvalue weighted by atomic mass is 19.1. The maximum absolute atomic E-state index is 13.1. The minimum atomic E-state index is -0.322. The van der Waals surface area contributed by atoms with Crippen molar-refractivity contribution in [3.05, 3.63) is 70.9 Å². The summed E-state index contributed by atoms with van der Waals surface area (Å²) in [5.41, 5.74) is 2.27. The van der Waals surface area contributed by atoms with Crippen molar-refractivity contribution in [1.82, 2.24) is 19.5 Å². The van der Waals surface area contributed by atoms with E-state index in [9.17, 15) is 14.0 Å². The summed E-state index contributed by atoms with van der Waals surface area (Å²) in [6.07, 6.45) is 2.03. The molecule has 2 aromatic heterocycles. The summed E-state index contributed by atoms with van der Waals surface area (Å²) in [7, 11) is 0. The third-order valence-corrected chi connectivity index (χ3v) is 4.61. The first kappa shape index (κ1) is 16.3. The summed E-state index contributed by atoms with van der Waals surface area (Å²) in [6.45, 7) is 4.68. The number of carbonyl (C=O) groups excluding carboxylic acids is 1. The number of likely N-dealkylation sites (tertiary alicyclic amines) is 1. The lowest BCUT2D eigenvalue weighted by Crippen LogP contribution is -2.25. The number of hydrogen-bond donors (Lipinski definition) is 1. The molecule has 3 aromatic rings. The van der Waals surface area contributed by atoms with Crippen LogP contribution < -0.4 is 5.56 Å². The zero-order valence-corrected chi connectivity index (χ0v) is 14.0. The molecule has 1 amide bonds. The Morgan fingerprint density at radius 1 is 1.27 bits per heavy atom. The summed E-state index contributed by atoms with van der Waals surface area (Å²) in [4.78, 5) is 30.8. The molecule has 1 aromatic carbocycles. The molecular weight excluding hydrogens is 335 g/mol. The monoisotopic (exact) mass is 352 g/mol. The highest BCUT2D eigenvalue weighted by molar-refractivity contribution is 5.79. The molecule has 4 rings (SSSR count). The number of aromatic nitrogens is 3. The summed E-state index contributed by atoms with van der Waals surface area (Å²) < 4.78 is 14.4. The summed E-state index contributed by atoms with van der Waals surface area (Å²) >= 11 is 0. The number of fused-ring (bicyclic) bond motifs is 1. The number of aromatic amines is 1. The largest absolute Gasteiger partial charge is 0.338 e. The van der Waals surface area contributed by atoms with Crippen molar-refractivity contribution in [1.29, 1.82) is 0 Å². The minimum Gasteiger partial charge on any atom is -0.338 e. The molecule has 1 atom stereocenters. The van der Waals surface area contributed by atoms with Gasteiger partial charge in [-0.3, -0.25) is 14.7 Å². The van der Waals surface area contributed by atoms with Gasteiger partial charge >= 0.3 is 0 Å². The molecule has 0 bridgehead atoms. The van der Waals surface area contributed by atoms with Crippen molar-refractivity contribution in [2.45, 2.75) is 12.3 Å². The van der Waals surface area contributed by atoms with Crippen LogP contribution in [0.1, 0.15) is 18.0 Å². The van der Waals surface area contributed by atoms with E-state index in [1.165, 1.54) is 22.7 Å². The Hall–Kier alpha value is -3.22. The molecule has 26 heavy (non-hydrogen) atoms. The zero-order valence-electron chi connectivity index (χ0n) is 14.0. The summed E-state index contributed by atoms with van der Waals surface area (Å²) in [6, 6.07) is 9.20. The van der Waals surface area contributed by atoms with Crippen LogP contribution in [0, 0.1) is 5.82 Å².